The van der Waals surface area contributed by atoms with Crippen molar-refractivity contribution in [2.75, 3.05) is 6.54 Å². The van der Waals surface area contributed by atoms with Crippen molar-refractivity contribution in [3.05, 3.63) is 47.1 Å². The van der Waals surface area contributed by atoms with Gasteiger partial charge in [-0.15, -0.1) is 23.7 Å². The fourth-order valence-corrected chi connectivity index (χ4v) is 3.37. The zero-order chi connectivity index (χ0) is 16.8. The highest BCUT2D eigenvalue weighted by Crippen LogP contribution is 2.29. The number of hydrogen-bond donors (Lipinski definition) is 1. The van der Waals surface area contributed by atoms with Crippen molar-refractivity contribution in [3.8, 4) is 10.4 Å². The van der Waals surface area contributed by atoms with Crippen LogP contribution in [0, 0.1) is 5.82 Å². The van der Waals surface area contributed by atoms with E-state index in [2.05, 4.69) is 0 Å². The largest absolute Gasteiger partial charge is 0.335 e. The Morgan fingerprint density at radius 3 is 2.46 bits per heavy atom. The second-order valence-corrected chi connectivity index (χ2v) is 6.95. The van der Waals surface area contributed by atoms with Gasteiger partial charge in [0, 0.05) is 22.2 Å². The van der Waals surface area contributed by atoms with Crippen LogP contribution < -0.4 is 5.73 Å². The summed E-state index contributed by atoms with van der Waals surface area (Å²) in [5.41, 5.74) is 6.48. The molecule has 2 rings (SSSR count). The highest BCUT2D eigenvalue weighted by atomic mass is 35.5. The Morgan fingerprint density at radius 2 is 1.88 bits per heavy atom. The number of nitrogens with two attached hydrogens (primary N) is 1. The Morgan fingerprint density at radius 1 is 1.21 bits per heavy atom. The summed E-state index contributed by atoms with van der Waals surface area (Å²) >= 11 is 1.64. The van der Waals surface area contributed by atoms with Gasteiger partial charge in [0.2, 0.25) is 5.91 Å². The first kappa shape index (κ1) is 20.6. The van der Waals surface area contributed by atoms with E-state index in [0.29, 0.717) is 25.9 Å². The standard InChI is InChI=1S/C18H23FN2OS.ClH/c1-13(2)21(18(22)4-3-11-20)12-16-9-10-17(23-16)14-5-7-15(19)8-6-14;/h5-10,13H,3-4,11-12,20H2,1-2H3;1H. The van der Waals surface area contributed by atoms with Gasteiger partial charge in [0.25, 0.3) is 0 Å². The van der Waals surface area contributed by atoms with Crippen molar-refractivity contribution in [1.82, 2.24) is 4.90 Å². The molecular formula is C18H24ClFN2OS. The average molecular weight is 371 g/mol. The molecule has 0 aliphatic carbocycles. The molecule has 0 unspecified atom stereocenters. The highest BCUT2D eigenvalue weighted by Gasteiger charge is 2.17. The van der Waals surface area contributed by atoms with Gasteiger partial charge in [-0.2, -0.15) is 0 Å². The second-order valence-electron chi connectivity index (χ2n) is 5.78. The van der Waals surface area contributed by atoms with Gasteiger partial charge in [-0.25, -0.2) is 4.39 Å². The van der Waals surface area contributed by atoms with Gasteiger partial charge < -0.3 is 10.6 Å². The van der Waals surface area contributed by atoms with E-state index in [1.807, 2.05) is 30.9 Å². The molecule has 2 aromatic rings. The number of halogens is 2. The van der Waals surface area contributed by atoms with Gasteiger partial charge in [-0.05, 0) is 56.6 Å². The van der Waals surface area contributed by atoms with Crippen LogP contribution in [-0.4, -0.2) is 23.4 Å². The van der Waals surface area contributed by atoms with E-state index in [-0.39, 0.29) is 30.2 Å². The Bertz CT molecular complexity index is 643. The molecule has 0 saturated heterocycles. The van der Waals surface area contributed by atoms with Crippen LogP contribution in [0.3, 0.4) is 0 Å². The third kappa shape index (κ3) is 5.58. The Kier molecular flexibility index (Phi) is 8.39. The number of amides is 1. The summed E-state index contributed by atoms with van der Waals surface area (Å²) in [6, 6.07) is 10.7. The fraction of sp³-hybridized carbons (Fsp3) is 0.389. The first-order valence-electron chi connectivity index (χ1n) is 7.85. The smallest absolute Gasteiger partial charge is 0.223 e. The van der Waals surface area contributed by atoms with Gasteiger partial charge in [-0.3, -0.25) is 4.79 Å². The lowest BCUT2D eigenvalue weighted by molar-refractivity contribution is -0.133. The quantitative estimate of drug-likeness (QED) is 0.782. The number of nitrogens with zero attached hydrogens (tertiary/aromatic N) is 1. The summed E-state index contributed by atoms with van der Waals surface area (Å²) in [6.07, 6.45) is 1.21. The Labute approximate surface area is 153 Å². The zero-order valence-electron chi connectivity index (χ0n) is 14.0. The number of hydrogen-bond acceptors (Lipinski definition) is 3. The zero-order valence-corrected chi connectivity index (χ0v) is 15.6. The molecule has 0 fully saturated rings. The fourth-order valence-electron chi connectivity index (χ4n) is 2.36. The van der Waals surface area contributed by atoms with Crippen molar-refractivity contribution >= 4 is 29.7 Å². The van der Waals surface area contributed by atoms with Gasteiger partial charge in [0.15, 0.2) is 0 Å². The summed E-state index contributed by atoms with van der Waals surface area (Å²) in [5, 5.41) is 0. The summed E-state index contributed by atoms with van der Waals surface area (Å²) < 4.78 is 13.0. The van der Waals surface area contributed by atoms with E-state index in [4.69, 9.17) is 5.73 Å². The lowest BCUT2D eigenvalue weighted by atomic mass is 10.2. The number of benzene rings is 1. The summed E-state index contributed by atoms with van der Waals surface area (Å²) in [6.45, 7) is 5.18. The number of thiophene rings is 1. The topological polar surface area (TPSA) is 46.3 Å². The molecular weight excluding hydrogens is 347 g/mol. The van der Waals surface area contributed by atoms with Crippen LogP contribution in [0.25, 0.3) is 10.4 Å². The van der Waals surface area contributed by atoms with Crippen molar-refractivity contribution in [2.24, 2.45) is 5.73 Å². The first-order chi connectivity index (χ1) is 11.0. The Hall–Kier alpha value is -1.43. The number of rotatable bonds is 7. The van der Waals surface area contributed by atoms with E-state index in [9.17, 15) is 9.18 Å². The van der Waals surface area contributed by atoms with Crippen molar-refractivity contribution in [2.45, 2.75) is 39.3 Å². The molecule has 1 amide bonds. The van der Waals surface area contributed by atoms with Crippen LogP contribution >= 0.6 is 23.7 Å². The van der Waals surface area contributed by atoms with Gasteiger partial charge >= 0.3 is 0 Å². The van der Waals surface area contributed by atoms with Crippen LogP contribution in [0.2, 0.25) is 0 Å². The minimum Gasteiger partial charge on any atom is -0.335 e. The molecule has 3 nitrogen and oxygen atoms in total. The van der Waals surface area contributed by atoms with Crippen LogP contribution in [0.15, 0.2) is 36.4 Å². The molecule has 1 aromatic carbocycles. The molecule has 0 aliphatic rings. The summed E-state index contributed by atoms with van der Waals surface area (Å²) in [5.74, 6) is -0.0933. The summed E-state index contributed by atoms with van der Waals surface area (Å²) in [7, 11) is 0. The van der Waals surface area contributed by atoms with E-state index >= 15 is 0 Å². The SMILES string of the molecule is CC(C)N(Cc1ccc(-c2ccc(F)cc2)s1)C(=O)CCCN.Cl. The lowest BCUT2D eigenvalue weighted by Crippen LogP contribution is -2.36. The van der Waals surface area contributed by atoms with Crippen LogP contribution in [0.4, 0.5) is 4.39 Å². The van der Waals surface area contributed by atoms with Crippen molar-refractivity contribution < 1.29 is 9.18 Å². The second kappa shape index (κ2) is 9.77. The third-order valence-corrected chi connectivity index (χ3v) is 4.77. The molecule has 0 bridgehead atoms. The maximum Gasteiger partial charge on any atom is 0.223 e. The average Bonchev–Trinajstić information content (AvgIpc) is 2.99. The van der Waals surface area contributed by atoms with Crippen molar-refractivity contribution in [3.63, 3.8) is 0 Å². The molecule has 24 heavy (non-hydrogen) atoms. The maximum absolute atomic E-state index is 13.0. The van der Waals surface area contributed by atoms with Crippen LogP contribution in [-0.2, 0) is 11.3 Å². The van der Waals surface area contributed by atoms with Gasteiger partial charge in [0.1, 0.15) is 5.82 Å². The van der Waals surface area contributed by atoms with Crippen molar-refractivity contribution in [1.29, 1.82) is 0 Å². The molecule has 2 N–H and O–H groups in total. The van der Waals surface area contributed by atoms with E-state index in [0.717, 1.165) is 15.3 Å². The molecule has 0 spiro atoms. The minimum absolute atomic E-state index is 0. The molecule has 0 atom stereocenters. The molecule has 0 saturated carbocycles. The minimum atomic E-state index is -0.234. The monoisotopic (exact) mass is 370 g/mol. The molecule has 6 heteroatoms. The number of carbonyl (C=O) groups is 1. The predicted octanol–water partition coefficient (Wildman–Crippen LogP) is 4.45. The first-order valence-corrected chi connectivity index (χ1v) is 8.67. The van der Waals surface area contributed by atoms with E-state index < -0.39 is 0 Å². The maximum atomic E-state index is 13.0. The van der Waals surface area contributed by atoms with Crippen LogP contribution in [0.1, 0.15) is 31.6 Å². The molecule has 132 valence electrons. The van der Waals surface area contributed by atoms with E-state index in [1.165, 1.54) is 12.1 Å². The molecule has 1 aromatic heterocycles. The number of carbonyl (C=O) groups excluding carboxylic acids is 1. The lowest BCUT2D eigenvalue weighted by Gasteiger charge is -2.26. The molecule has 0 radical (unpaired) electrons. The van der Waals surface area contributed by atoms with Gasteiger partial charge in [-0.1, -0.05) is 12.1 Å². The predicted molar refractivity (Wildman–Crippen MR) is 101 cm³/mol. The molecule has 1 heterocycles. The normalized spacial score (nSPS) is 10.5. The Balaban J connectivity index is 0.00000288. The van der Waals surface area contributed by atoms with Gasteiger partial charge in [0.05, 0.1) is 6.54 Å². The third-order valence-electron chi connectivity index (χ3n) is 3.66. The summed E-state index contributed by atoms with van der Waals surface area (Å²) in [4.78, 5) is 16.4. The van der Waals surface area contributed by atoms with E-state index in [1.54, 1.807) is 23.5 Å². The highest BCUT2D eigenvalue weighted by molar-refractivity contribution is 7.15. The molecule has 0 aliphatic heterocycles. The van der Waals surface area contributed by atoms with Crippen LogP contribution in [0.5, 0.6) is 0 Å².